The van der Waals surface area contributed by atoms with E-state index in [0.29, 0.717) is 16.3 Å². The third kappa shape index (κ3) is 3.94. The third-order valence-electron chi connectivity index (χ3n) is 2.92. The van der Waals surface area contributed by atoms with Gasteiger partial charge in [-0.25, -0.2) is 4.39 Å². The summed E-state index contributed by atoms with van der Waals surface area (Å²) >= 11 is 6.15. The van der Waals surface area contributed by atoms with Gasteiger partial charge >= 0.3 is 0 Å². The van der Waals surface area contributed by atoms with Crippen molar-refractivity contribution in [3.05, 3.63) is 63.9 Å². The van der Waals surface area contributed by atoms with Gasteiger partial charge in [0.2, 0.25) is 0 Å². The van der Waals surface area contributed by atoms with Gasteiger partial charge in [0.05, 0.1) is 10.6 Å². The monoisotopic (exact) mass is 304 g/mol. The number of ether oxygens (including phenoxy) is 1. The number of hydrogen-bond donors (Lipinski definition) is 1. The van der Waals surface area contributed by atoms with Crippen LogP contribution in [0.15, 0.2) is 36.4 Å². The molecule has 5 heteroatoms. The van der Waals surface area contributed by atoms with Gasteiger partial charge in [0.15, 0.2) is 0 Å². The quantitative estimate of drug-likeness (QED) is 0.917. The standard InChI is InChI=1S/C16H14ClFN2O/c1-20-9-11-3-5-16(14(17)7-11)21-10-12-2-4-15(18)13(6-12)8-19/h2-7,20H,9-10H2,1H3. The number of hydrogen-bond acceptors (Lipinski definition) is 3. The Hall–Kier alpha value is -2.09. The predicted octanol–water partition coefficient (Wildman–Crippen LogP) is 3.65. The highest BCUT2D eigenvalue weighted by Gasteiger charge is 2.06. The molecular weight excluding hydrogens is 291 g/mol. The molecule has 0 atom stereocenters. The van der Waals surface area contributed by atoms with Gasteiger partial charge in [-0.2, -0.15) is 5.26 Å². The van der Waals surface area contributed by atoms with Crippen molar-refractivity contribution >= 4 is 11.6 Å². The van der Waals surface area contributed by atoms with Crippen LogP contribution in [-0.2, 0) is 13.2 Å². The van der Waals surface area contributed by atoms with Crippen LogP contribution in [0.2, 0.25) is 5.02 Å². The first-order valence-electron chi connectivity index (χ1n) is 6.38. The van der Waals surface area contributed by atoms with Crippen molar-refractivity contribution < 1.29 is 9.13 Å². The summed E-state index contributed by atoms with van der Waals surface area (Å²) in [6, 6.07) is 11.7. The summed E-state index contributed by atoms with van der Waals surface area (Å²) in [7, 11) is 1.86. The zero-order valence-corrected chi connectivity index (χ0v) is 12.2. The van der Waals surface area contributed by atoms with Crippen molar-refractivity contribution in [1.29, 1.82) is 5.26 Å². The number of halogens is 2. The maximum atomic E-state index is 13.2. The lowest BCUT2D eigenvalue weighted by Crippen LogP contribution is -2.05. The summed E-state index contributed by atoms with van der Waals surface area (Å²) in [5.41, 5.74) is 1.78. The summed E-state index contributed by atoms with van der Waals surface area (Å²) in [6.45, 7) is 0.948. The Morgan fingerprint density at radius 2 is 2.00 bits per heavy atom. The summed E-state index contributed by atoms with van der Waals surface area (Å²) in [5.74, 6) is 0.0232. The van der Waals surface area contributed by atoms with Crippen molar-refractivity contribution in [3.8, 4) is 11.8 Å². The molecule has 0 amide bonds. The Morgan fingerprint density at radius 1 is 1.24 bits per heavy atom. The van der Waals surface area contributed by atoms with Crippen LogP contribution in [0.4, 0.5) is 4.39 Å². The molecule has 0 aromatic heterocycles. The first-order chi connectivity index (χ1) is 10.1. The predicted molar refractivity (Wildman–Crippen MR) is 79.7 cm³/mol. The van der Waals surface area contributed by atoms with Crippen LogP contribution in [0.1, 0.15) is 16.7 Å². The lowest BCUT2D eigenvalue weighted by Gasteiger charge is -2.10. The van der Waals surface area contributed by atoms with E-state index in [1.807, 2.05) is 19.2 Å². The van der Waals surface area contributed by atoms with Crippen molar-refractivity contribution in [2.75, 3.05) is 7.05 Å². The van der Waals surface area contributed by atoms with E-state index in [2.05, 4.69) is 5.32 Å². The molecule has 0 fully saturated rings. The molecule has 0 aliphatic heterocycles. The lowest BCUT2D eigenvalue weighted by atomic mass is 10.1. The molecule has 0 aliphatic carbocycles. The van der Waals surface area contributed by atoms with E-state index in [9.17, 15) is 4.39 Å². The molecule has 0 bridgehead atoms. The van der Waals surface area contributed by atoms with E-state index < -0.39 is 5.82 Å². The molecule has 0 unspecified atom stereocenters. The maximum Gasteiger partial charge on any atom is 0.140 e. The number of nitrogens with zero attached hydrogens (tertiary/aromatic N) is 1. The van der Waals surface area contributed by atoms with Gasteiger partial charge in [-0.3, -0.25) is 0 Å². The van der Waals surface area contributed by atoms with E-state index in [1.165, 1.54) is 12.1 Å². The highest BCUT2D eigenvalue weighted by molar-refractivity contribution is 6.32. The van der Waals surface area contributed by atoms with Crippen LogP contribution < -0.4 is 10.1 Å². The SMILES string of the molecule is CNCc1ccc(OCc2ccc(F)c(C#N)c2)c(Cl)c1. The molecule has 2 rings (SSSR count). The molecule has 0 saturated heterocycles. The average molecular weight is 305 g/mol. The van der Waals surface area contributed by atoms with Gasteiger partial charge in [0, 0.05) is 6.54 Å². The highest BCUT2D eigenvalue weighted by Crippen LogP contribution is 2.26. The third-order valence-corrected chi connectivity index (χ3v) is 3.22. The van der Waals surface area contributed by atoms with Crippen molar-refractivity contribution in [1.82, 2.24) is 5.32 Å². The Kier molecular flexibility index (Phi) is 5.15. The first-order valence-corrected chi connectivity index (χ1v) is 6.76. The molecule has 0 radical (unpaired) electrons. The van der Waals surface area contributed by atoms with Crippen LogP contribution in [0.25, 0.3) is 0 Å². The largest absolute Gasteiger partial charge is 0.487 e. The van der Waals surface area contributed by atoms with Crippen molar-refractivity contribution in [3.63, 3.8) is 0 Å². The average Bonchev–Trinajstić information content (AvgIpc) is 2.48. The number of rotatable bonds is 5. The van der Waals surface area contributed by atoms with Crippen LogP contribution in [0.3, 0.4) is 0 Å². The highest BCUT2D eigenvalue weighted by atomic mass is 35.5. The Labute approximate surface area is 127 Å². The van der Waals surface area contributed by atoms with E-state index in [4.69, 9.17) is 21.6 Å². The fourth-order valence-corrected chi connectivity index (χ4v) is 2.14. The molecule has 2 aromatic carbocycles. The number of nitrogens with one attached hydrogen (secondary N) is 1. The summed E-state index contributed by atoms with van der Waals surface area (Å²) in [5, 5.41) is 12.4. The summed E-state index contributed by atoms with van der Waals surface area (Å²) in [4.78, 5) is 0. The maximum absolute atomic E-state index is 13.2. The lowest BCUT2D eigenvalue weighted by molar-refractivity contribution is 0.306. The minimum atomic E-state index is -0.532. The second-order valence-electron chi connectivity index (χ2n) is 4.51. The summed E-state index contributed by atoms with van der Waals surface area (Å²) < 4.78 is 18.8. The number of benzene rings is 2. The molecular formula is C16H14ClFN2O. The summed E-state index contributed by atoms with van der Waals surface area (Å²) in [6.07, 6.45) is 0. The fraction of sp³-hybridized carbons (Fsp3) is 0.188. The van der Waals surface area contributed by atoms with Crippen LogP contribution in [0, 0.1) is 17.1 Å². The van der Waals surface area contributed by atoms with Gasteiger partial charge in [0.1, 0.15) is 24.2 Å². The molecule has 0 saturated carbocycles. The van der Waals surface area contributed by atoms with Gasteiger partial charge < -0.3 is 10.1 Å². The Balaban J connectivity index is 2.08. The molecule has 108 valence electrons. The molecule has 3 nitrogen and oxygen atoms in total. The van der Waals surface area contributed by atoms with E-state index >= 15 is 0 Å². The normalized spacial score (nSPS) is 10.2. The van der Waals surface area contributed by atoms with Gasteiger partial charge in [-0.15, -0.1) is 0 Å². The molecule has 0 heterocycles. The minimum absolute atomic E-state index is 0.00608. The van der Waals surface area contributed by atoms with Crippen LogP contribution in [-0.4, -0.2) is 7.05 Å². The van der Waals surface area contributed by atoms with E-state index in [-0.39, 0.29) is 12.2 Å². The molecule has 0 aliphatic rings. The van der Waals surface area contributed by atoms with Gasteiger partial charge in [0.25, 0.3) is 0 Å². The van der Waals surface area contributed by atoms with Crippen LogP contribution >= 0.6 is 11.6 Å². The van der Waals surface area contributed by atoms with Crippen molar-refractivity contribution in [2.24, 2.45) is 0 Å². The minimum Gasteiger partial charge on any atom is -0.487 e. The number of nitriles is 1. The Morgan fingerprint density at radius 3 is 2.67 bits per heavy atom. The second-order valence-corrected chi connectivity index (χ2v) is 4.92. The first kappa shape index (κ1) is 15.3. The van der Waals surface area contributed by atoms with Gasteiger partial charge in [-0.05, 0) is 42.4 Å². The fourth-order valence-electron chi connectivity index (χ4n) is 1.88. The van der Waals surface area contributed by atoms with E-state index in [0.717, 1.165) is 12.1 Å². The molecule has 0 spiro atoms. The molecule has 1 N–H and O–H groups in total. The van der Waals surface area contributed by atoms with Crippen LogP contribution in [0.5, 0.6) is 5.75 Å². The zero-order valence-electron chi connectivity index (χ0n) is 11.5. The molecule has 2 aromatic rings. The second kappa shape index (κ2) is 7.07. The topological polar surface area (TPSA) is 45.0 Å². The zero-order chi connectivity index (χ0) is 15.2. The van der Waals surface area contributed by atoms with E-state index in [1.54, 1.807) is 18.2 Å². The van der Waals surface area contributed by atoms with Gasteiger partial charge in [-0.1, -0.05) is 23.7 Å². The smallest absolute Gasteiger partial charge is 0.140 e. The Bertz CT molecular complexity index is 682. The molecule has 21 heavy (non-hydrogen) atoms. The van der Waals surface area contributed by atoms with Crippen molar-refractivity contribution in [2.45, 2.75) is 13.2 Å².